The van der Waals surface area contributed by atoms with E-state index >= 15 is 0 Å². The Kier molecular flexibility index (Phi) is 13.9. The standard InChI is InChI=1S/C16H32.C4H8O/c1-12(2)8-9-15(6)16(7)11-10-14(5)13(3)4;1-4(2)5-3/h12,14-16H,3,8-11H2,1-2,4-7H3;1H2,2-3H3. The summed E-state index contributed by atoms with van der Waals surface area (Å²) in [6.45, 7) is 23.2. The zero-order chi connectivity index (χ0) is 17.0. The summed E-state index contributed by atoms with van der Waals surface area (Å²) in [4.78, 5) is 0. The molecular formula is C20H40O. The van der Waals surface area contributed by atoms with E-state index in [-0.39, 0.29) is 0 Å². The number of allylic oxidation sites excluding steroid dienone is 2. The van der Waals surface area contributed by atoms with Crippen molar-refractivity contribution in [3.8, 4) is 0 Å². The van der Waals surface area contributed by atoms with Gasteiger partial charge in [-0.2, -0.15) is 0 Å². The fraction of sp³-hybridized carbons (Fsp3) is 0.800. The molecule has 0 N–H and O–H groups in total. The predicted octanol–water partition coefficient (Wildman–Crippen LogP) is 6.85. The third kappa shape index (κ3) is 15.5. The van der Waals surface area contributed by atoms with Crippen molar-refractivity contribution in [3.05, 3.63) is 24.5 Å². The van der Waals surface area contributed by atoms with Gasteiger partial charge in [0.25, 0.3) is 0 Å². The highest BCUT2D eigenvalue weighted by molar-refractivity contribution is 4.93. The molecule has 0 heterocycles. The monoisotopic (exact) mass is 296 g/mol. The molecule has 0 saturated heterocycles. The highest BCUT2D eigenvalue weighted by Crippen LogP contribution is 2.26. The average molecular weight is 297 g/mol. The van der Waals surface area contributed by atoms with Crippen molar-refractivity contribution >= 4 is 0 Å². The van der Waals surface area contributed by atoms with Gasteiger partial charge < -0.3 is 4.74 Å². The Bertz CT molecular complexity index is 278. The predicted molar refractivity (Wildman–Crippen MR) is 97.4 cm³/mol. The van der Waals surface area contributed by atoms with Gasteiger partial charge in [0.1, 0.15) is 0 Å². The van der Waals surface area contributed by atoms with Gasteiger partial charge in [-0.1, -0.05) is 66.2 Å². The van der Waals surface area contributed by atoms with Crippen molar-refractivity contribution in [2.45, 2.75) is 74.1 Å². The molecule has 0 aliphatic rings. The van der Waals surface area contributed by atoms with Crippen LogP contribution in [0.5, 0.6) is 0 Å². The lowest BCUT2D eigenvalue weighted by atomic mass is 9.84. The molecule has 0 saturated carbocycles. The molecule has 1 heteroatoms. The molecule has 1 nitrogen and oxygen atoms in total. The van der Waals surface area contributed by atoms with E-state index < -0.39 is 0 Å². The third-order valence-electron chi connectivity index (χ3n) is 4.42. The maximum absolute atomic E-state index is 4.56. The zero-order valence-electron chi connectivity index (χ0n) is 16.0. The Morgan fingerprint density at radius 3 is 1.48 bits per heavy atom. The summed E-state index contributed by atoms with van der Waals surface area (Å²) in [7, 11) is 1.60. The molecule has 0 bridgehead atoms. The molecular weight excluding hydrogens is 256 g/mol. The minimum absolute atomic E-state index is 0.694. The highest BCUT2D eigenvalue weighted by atomic mass is 16.5. The fourth-order valence-corrected chi connectivity index (χ4v) is 1.92. The van der Waals surface area contributed by atoms with Gasteiger partial charge in [-0.25, -0.2) is 0 Å². The summed E-state index contributed by atoms with van der Waals surface area (Å²) in [5, 5.41) is 0. The van der Waals surface area contributed by atoms with E-state index in [1.165, 1.54) is 31.3 Å². The minimum Gasteiger partial charge on any atom is -0.502 e. The van der Waals surface area contributed by atoms with Gasteiger partial charge in [0, 0.05) is 0 Å². The van der Waals surface area contributed by atoms with E-state index in [1.807, 2.05) is 0 Å². The first-order chi connectivity index (χ1) is 9.61. The first kappa shape index (κ1) is 22.6. The third-order valence-corrected chi connectivity index (χ3v) is 4.42. The Hall–Kier alpha value is -0.720. The number of hydrogen-bond acceptors (Lipinski definition) is 1. The molecule has 0 aliphatic carbocycles. The van der Waals surface area contributed by atoms with E-state index in [2.05, 4.69) is 59.4 Å². The van der Waals surface area contributed by atoms with Gasteiger partial charge >= 0.3 is 0 Å². The van der Waals surface area contributed by atoms with E-state index in [0.717, 1.165) is 23.5 Å². The van der Waals surface area contributed by atoms with Gasteiger partial charge in [-0.05, 0) is 50.4 Å². The molecule has 21 heavy (non-hydrogen) atoms. The topological polar surface area (TPSA) is 9.23 Å². The summed E-state index contributed by atoms with van der Waals surface area (Å²) >= 11 is 0. The Morgan fingerprint density at radius 2 is 1.19 bits per heavy atom. The Morgan fingerprint density at radius 1 is 0.810 bits per heavy atom. The molecule has 3 unspecified atom stereocenters. The number of rotatable bonds is 9. The number of hydrogen-bond donors (Lipinski definition) is 0. The largest absolute Gasteiger partial charge is 0.502 e. The molecule has 0 spiro atoms. The van der Waals surface area contributed by atoms with Crippen LogP contribution in [0.25, 0.3) is 0 Å². The van der Waals surface area contributed by atoms with Crippen molar-refractivity contribution in [2.24, 2.45) is 23.7 Å². The first-order valence-corrected chi connectivity index (χ1v) is 8.46. The smallest absolute Gasteiger partial charge is 0.0853 e. The van der Waals surface area contributed by atoms with Crippen LogP contribution in [0, 0.1) is 23.7 Å². The van der Waals surface area contributed by atoms with Gasteiger partial charge in [-0.15, -0.1) is 0 Å². The summed E-state index contributed by atoms with van der Waals surface area (Å²) in [5.41, 5.74) is 1.34. The summed E-state index contributed by atoms with van der Waals surface area (Å²) in [6.07, 6.45) is 5.43. The zero-order valence-corrected chi connectivity index (χ0v) is 16.0. The van der Waals surface area contributed by atoms with Crippen molar-refractivity contribution in [3.63, 3.8) is 0 Å². The quantitative estimate of drug-likeness (QED) is 0.334. The normalized spacial score (nSPS) is 14.7. The van der Waals surface area contributed by atoms with Crippen molar-refractivity contribution in [1.82, 2.24) is 0 Å². The SMILES string of the molecule is C=C(C)C(C)CCC(C)C(C)CCC(C)C.C=C(C)OC. The number of ether oxygens (including phenoxy) is 1. The van der Waals surface area contributed by atoms with Gasteiger partial charge in [0.05, 0.1) is 12.9 Å². The number of methoxy groups -OCH3 is 1. The highest BCUT2D eigenvalue weighted by Gasteiger charge is 2.14. The van der Waals surface area contributed by atoms with Gasteiger partial charge in [0.2, 0.25) is 0 Å². The summed E-state index contributed by atoms with van der Waals surface area (Å²) in [6, 6.07) is 0. The first-order valence-electron chi connectivity index (χ1n) is 8.46. The van der Waals surface area contributed by atoms with Crippen LogP contribution < -0.4 is 0 Å². The fourth-order valence-electron chi connectivity index (χ4n) is 1.92. The maximum Gasteiger partial charge on any atom is 0.0853 e. The van der Waals surface area contributed by atoms with E-state index in [0.29, 0.717) is 5.92 Å². The van der Waals surface area contributed by atoms with Crippen LogP contribution in [0.1, 0.15) is 74.1 Å². The van der Waals surface area contributed by atoms with Gasteiger partial charge in [0.15, 0.2) is 0 Å². The lowest BCUT2D eigenvalue weighted by molar-refractivity contribution is 0.295. The molecule has 0 aromatic carbocycles. The van der Waals surface area contributed by atoms with E-state index in [1.54, 1.807) is 14.0 Å². The molecule has 0 rings (SSSR count). The Labute approximate surface area is 134 Å². The molecule has 0 aromatic rings. The second kappa shape index (κ2) is 13.0. The van der Waals surface area contributed by atoms with Crippen LogP contribution in [-0.4, -0.2) is 7.11 Å². The Balaban J connectivity index is 0. The minimum atomic E-state index is 0.694. The molecule has 126 valence electrons. The van der Waals surface area contributed by atoms with Crippen molar-refractivity contribution < 1.29 is 4.74 Å². The molecule has 0 amide bonds. The molecule has 3 atom stereocenters. The molecule has 0 fully saturated rings. The lowest BCUT2D eigenvalue weighted by Gasteiger charge is -2.22. The summed E-state index contributed by atoms with van der Waals surface area (Å²) in [5.74, 6) is 4.04. The van der Waals surface area contributed by atoms with Crippen LogP contribution in [0.3, 0.4) is 0 Å². The van der Waals surface area contributed by atoms with E-state index in [9.17, 15) is 0 Å². The van der Waals surface area contributed by atoms with E-state index in [4.69, 9.17) is 0 Å². The summed E-state index contributed by atoms with van der Waals surface area (Å²) < 4.78 is 4.56. The molecule has 0 aromatic heterocycles. The second-order valence-electron chi connectivity index (χ2n) is 7.16. The van der Waals surface area contributed by atoms with Crippen molar-refractivity contribution in [2.75, 3.05) is 7.11 Å². The second-order valence-corrected chi connectivity index (χ2v) is 7.16. The average Bonchev–Trinajstić information content (AvgIpc) is 2.41. The van der Waals surface area contributed by atoms with Crippen molar-refractivity contribution in [1.29, 1.82) is 0 Å². The molecule has 0 aliphatic heterocycles. The van der Waals surface area contributed by atoms with Gasteiger partial charge in [-0.3, -0.25) is 0 Å². The van der Waals surface area contributed by atoms with Crippen LogP contribution in [0.2, 0.25) is 0 Å². The van der Waals surface area contributed by atoms with Crippen LogP contribution in [-0.2, 0) is 4.74 Å². The lowest BCUT2D eigenvalue weighted by Crippen LogP contribution is -2.11. The molecule has 0 radical (unpaired) electrons. The maximum atomic E-state index is 4.56. The van der Waals surface area contributed by atoms with Crippen LogP contribution in [0.15, 0.2) is 24.5 Å². The van der Waals surface area contributed by atoms with Crippen LogP contribution >= 0.6 is 0 Å². The van der Waals surface area contributed by atoms with Crippen LogP contribution in [0.4, 0.5) is 0 Å².